The number of hydrogen-bond donors (Lipinski definition) is 2. The molecule has 8 heteroatoms. The number of anilines is 3. The second-order valence-corrected chi connectivity index (χ2v) is 5.52. The standard InChI is InChI=1S/C17H23N3O5/c1-4-24-16(22)18-12-10-13(19-17(23)25-5-2)14(9-11(12)3)20-8-6-7-15(20)21/h9-10H,4-8H2,1-3H3,(H,18,22)(H,19,23). The third kappa shape index (κ3) is 4.62. The molecule has 0 saturated carbocycles. The molecule has 25 heavy (non-hydrogen) atoms. The van der Waals surface area contributed by atoms with Gasteiger partial charge in [0, 0.05) is 18.7 Å². The zero-order chi connectivity index (χ0) is 18.4. The molecule has 2 rings (SSSR count). The summed E-state index contributed by atoms with van der Waals surface area (Å²) in [5, 5.41) is 5.26. The minimum absolute atomic E-state index is 0.00240. The summed E-state index contributed by atoms with van der Waals surface area (Å²) in [5.41, 5.74) is 2.21. The number of carbonyl (C=O) groups excluding carboxylic acids is 3. The van der Waals surface area contributed by atoms with Gasteiger partial charge in [0.1, 0.15) is 0 Å². The summed E-state index contributed by atoms with van der Waals surface area (Å²) < 4.78 is 9.80. The van der Waals surface area contributed by atoms with E-state index in [1.54, 1.807) is 37.8 Å². The van der Waals surface area contributed by atoms with Crippen LogP contribution in [0.1, 0.15) is 32.3 Å². The molecule has 1 aromatic carbocycles. The average Bonchev–Trinajstić information content (AvgIpc) is 2.96. The number of rotatable bonds is 5. The minimum atomic E-state index is -0.624. The van der Waals surface area contributed by atoms with Crippen LogP contribution < -0.4 is 15.5 Å². The van der Waals surface area contributed by atoms with Crippen LogP contribution in [0, 0.1) is 6.92 Å². The predicted octanol–water partition coefficient (Wildman–Crippen LogP) is 3.26. The van der Waals surface area contributed by atoms with Crippen molar-refractivity contribution in [3.8, 4) is 0 Å². The van der Waals surface area contributed by atoms with Crippen LogP contribution in [-0.2, 0) is 14.3 Å². The van der Waals surface area contributed by atoms with Gasteiger partial charge in [0.2, 0.25) is 5.91 Å². The molecule has 1 aromatic rings. The molecule has 1 aliphatic heterocycles. The van der Waals surface area contributed by atoms with Gasteiger partial charge in [0.25, 0.3) is 0 Å². The van der Waals surface area contributed by atoms with E-state index < -0.39 is 12.2 Å². The van der Waals surface area contributed by atoms with Crippen molar-refractivity contribution < 1.29 is 23.9 Å². The lowest BCUT2D eigenvalue weighted by Gasteiger charge is -2.22. The Morgan fingerprint density at radius 2 is 1.68 bits per heavy atom. The number of amides is 3. The summed E-state index contributed by atoms with van der Waals surface area (Å²) in [6, 6.07) is 3.36. The van der Waals surface area contributed by atoms with Crippen LogP contribution in [0.4, 0.5) is 26.7 Å². The number of nitrogens with one attached hydrogen (secondary N) is 2. The van der Waals surface area contributed by atoms with Crippen molar-refractivity contribution in [2.75, 3.05) is 35.3 Å². The first-order chi connectivity index (χ1) is 12.0. The topological polar surface area (TPSA) is 97.0 Å². The maximum Gasteiger partial charge on any atom is 0.411 e. The zero-order valence-electron chi connectivity index (χ0n) is 14.7. The third-order valence-corrected chi connectivity index (χ3v) is 3.73. The molecule has 1 fully saturated rings. The lowest BCUT2D eigenvalue weighted by Crippen LogP contribution is -2.26. The van der Waals surface area contributed by atoms with Gasteiger partial charge in [-0.05, 0) is 44.9 Å². The summed E-state index contributed by atoms with van der Waals surface area (Å²) in [6.07, 6.45) is 0.0271. The van der Waals surface area contributed by atoms with Gasteiger partial charge in [-0.2, -0.15) is 0 Å². The fraction of sp³-hybridized carbons (Fsp3) is 0.471. The molecule has 0 radical (unpaired) electrons. The van der Waals surface area contributed by atoms with Crippen molar-refractivity contribution in [1.82, 2.24) is 0 Å². The summed E-state index contributed by atoms with van der Waals surface area (Å²) in [7, 11) is 0. The number of aryl methyl sites for hydroxylation is 1. The number of hydrogen-bond acceptors (Lipinski definition) is 5. The second-order valence-electron chi connectivity index (χ2n) is 5.52. The molecule has 1 aliphatic rings. The molecule has 1 heterocycles. The average molecular weight is 349 g/mol. The Hall–Kier alpha value is -2.77. The fourth-order valence-corrected chi connectivity index (χ4v) is 2.61. The molecule has 1 saturated heterocycles. The maximum absolute atomic E-state index is 12.1. The molecule has 0 atom stereocenters. The molecule has 2 N–H and O–H groups in total. The smallest absolute Gasteiger partial charge is 0.411 e. The van der Waals surface area contributed by atoms with Crippen LogP contribution in [0.15, 0.2) is 12.1 Å². The van der Waals surface area contributed by atoms with Gasteiger partial charge in [0.05, 0.1) is 24.6 Å². The molecule has 0 bridgehead atoms. The number of benzene rings is 1. The van der Waals surface area contributed by atoms with E-state index in [1.807, 2.05) is 0 Å². The zero-order valence-corrected chi connectivity index (χ0v) is 14.7. The van der Waals surface area contributed by atoms with Gasteiger partial charge in [0.15, 0.2) is 0 Å². The molecule has 8 nitrogen and oxygen atoms in total. The van der Waals surface area contributed by atoms with Gasteiger partial charge >= 0.3 is 12.2 Å². The molecular formula is C17H23N3O5. The number of nitrogens with zero attached hydrogens (tertiary/aromatic N) is 1. The highest BCUT2D eigenvalue weighted by atomic mass is 16.6. The first-order valence-corrected chi connectivity index (χ1v) is 8.28. The highest BCUT2D eigenvalue weighted by Gasteiger charge is 2.25. The number of carbonyl (C=O) groups is 3. The van der Waals surface area contributed by atoms with Gasteiger partial charge in [-0.25, -0.2) is 9.59 Å². The van der Waals surface area contributed by atoms with E-state index in [4.69, 9.17) is 9.47 Å². The van der Waals surface area contributed by atoms with Crippen LogP contribution in [0.3, 0.4) is 0 Å². The van der Waals surface area contributed by atoms with Crippen molar-refractivity contribution >= 4 is 35.2 Å². The Kier molecular flexibility index (Phi) is 6.21. The summed E-state index contributed by atoms with van der Waals surface area (Å²) in [5.74, 6) is -0.00240. The van der Waals surface area contributed by atoms with Crippen molar-refractivity contribution in [3.63, 3.8) is 0 Å². The van der Waals surface area contributed by atoms with Gasteiger partial charge in [-0.1, -0.05) is 0 Å². The molecule has 0 unspecified atom stereocenters. The molecule has 0 aromatic heterocycles. The Bertz CT molecular complexity index is 674. The van der Waals surface area contributed by atoms with Crippen molar-refractivity contribution in [1.29, 1.82) is 0 Å². The first kappa shape index (κ1) is 18.6. The molecule has 3 amide bonds. The quantitative estimate of drug-likeness (QED) is 0.850. The normalized spacial score (nSPS) is 13.6. The minimum Gasteiger partial charge on any atom is -0.450 e. The Labute approximate surface area is 146 Å². The molecule has 0 aliphatic carbocycles. The fourth-order valence-electron chi connectivity index (χ4n) is 2.61. The van der Waals surface area contributed by atoms with Crippen molar-refractivity contribution in [3.05, 3.63) is 17.7 Å². The van der Waals surface area contributed by atoms with Gasteiger partial charge in [-0.15, -0.1) is 0 Å². The van der Waals surface area contributed by atoms with E-state index in [2.05, 4.69) is 10.6 Å². The van der Waals surface area contributed by atoms with Gasteiger partial charge < -0.3 is 14.4 Å². The summed E-state index contributed by atoms with van der Waals surface area (Å²) in [6.45, 7) is 6.28. The molecule has 0 spiro atoms. The lowest BCUT2D eigenvalue weighted by atomic mass is 10.1. The van der Waals surface area contributed by atoms with E-state index in [9.17, 15) is 14.4 Å². The summed E-state index contributed by atoms with van der Waals surface area (Å²) >= 11 is 0. The van der Waals surface area contributed by atoms with E-state index in [0.29, 0.717) is 30.0 Å². The largest absolute Gasteiger partial charge is 0.450 e. The number of ether oxygens (including phenoxy) is 2. The SMILES string of the molecule is CCOC(=O)Nc1cc(NC(=O)OCC)c(N2CCCC2=O)cc1C. The van der Waals surface area contributed by atoms with E-state index in [0.717, 1.165) is 12.0 Å². The van der Waals surface area contributed by atoms with Crippen LogP contribution in [0.5, 0.6) is 0 Å². The predicted molar refractivity (Wildman–Crippen MR) is 94.1 cm³/mol. The maximum atomic E-state index is 12.1. The van der Waals surface area contributed by atoms with Crippen molar-refractivity contribution in [2.45, 2.75) is 33.6 Å². The Balaban J connectivity index is 2.36. The molecule has 136 valence electrons. The molecular weight excluding hydrogens is 326 g/mol. The van der Waals surface area contributed by atoms with Crippen LogP contribution >= 0.6 is 0 Å². The Morgan fingerprint density at radius 1 is 1.08 bits per heavy atom. The highest BCUT2D eigenvalue weighted by Crippen LogP contribution is 2.34. The van der Waals surface area contributed by atoms with E-state index in [-0.39, 0.29) is 19.1 Å². The Morgan fingerprint density at radius 3 is 2.20 bits per heavy atom. The highest BCUT2D eigenvalue weighted by molar-refractivity contribution is 6.02. The van der Waals surface area contributed by atoms with E-state index in [1.165, 1.54) is 0 Å². The van der Waals surface area contributed by atoms with Crippen LogP contribution in [0.2, 0.25) is 0 Å². The lowest BCUT2D eigenvalue weighted by molar-refractivity contribution is -0.117. The summed E-state index contributed by atoms with van der Waals surface area (Å²) in [4.78, 5) is 37.2. The van der Waals surface area contributed by atoms with Crippen molar-refractivity contribution in [2.24, 2.45) is 0 Å². The third-order valence-electron chi connectivity index (χ3n) is 3.73. The first-order valence-electron chi connectivity index (χ1n) is 8.28. The van der Waals surface area contributed by atoms with E-state index >= 15 is 0 Å². The second kappa shape index (κ2) is 8.36. The van der Waals surface area contributed by atoms with Crippen LogP contribution in [-0.4, -0.2) is 37.9 Å². The van der Waals surface area contributed by atoms with Gasteiger partial charge in [-0.3, -0.25) is 15.4 Å². The van der Waals surface area contributed by atoms with Crippen LogP contribution in [0.25, 0.3) is 0 Å². The monoisotopic (exact) mass is 349 g/mol.